The number of allylic oxidation sites excluding steroid dienone is 1. The van der Waals surface area contributed by atoms with Crippen LogP contribution in [0.5, 0.6) is 11.5 Å². The molecule has 22 heavy (non-hydrogen) atoms. The number of hydrogen-bond donors (Lipinski definition) is 1. The summed E-state index contributed by atoms with van der Waals surface area (Å²) in [5, 5.41) is 2.64. The zero-order valence-electron chi connectivity index (χ0n) is 13.7. The highest BCUT2D eigenvalue weighted by Gasteiger charge is 2.03. The van der Waals surface area contributed by atoms with E-state index in [2.05, 4.69) is 5.32 Å². The maximum atomic E-state index is 11.2. The van der Waals surface area contributed by atoms with E-state index in [0.29, 0.717) is 19.0 Å². The fraction of sp³-hybridized carbons (Fsp3) is 0.471. The van der Waals surface area contributed by atoms with Crippen molar-refractivity contribution in [2.75, 3.05) is 19.8 Å². The van der Waals surface area contributed by atoms with Gasteiger partial charge in [0.25, 0.3) is 0 Å². The molecule has 0 aliphatic carbocycles. The van der Waals surface area contributed by atoms with Crippen LogP contribution < -0.4 is 14.8 Å². The van der Waals surface area contributed by atoms with Crippen molar-refractivity contribution in [2.24, 2.45) is 0 Å². The van der Waals surface area contributed by atoms with E-state index in [-0.39, 0.29) is 12.6 Å². The van der Waals surface area contributed by atoms with Crippen molar-refractivity contribution in [3.05, 3.63) is 35.9 Å². The maximum absolute atomic E-state index is 11.2. The fourth-order valence-electron chi connectivity index (χ4n) is 1.51. The zero-order chi connectivity index (χ0) is 16.4. The summed E-state index contributed by atoms with van der Waals surface area (Å²) in [6, 6.07) is 7.41. The molecule has 0 aromatic heterocycles. The second-order valence-corrected chi connectivity index (χ2v) is 5.35. The number of hydrogen-bond acceptors (Lipinski definition) is 4. The Kier molecular flexibility index (Phi) is 7.89. The van der Waals surface area contributed by atoms with Gasteiger partial charge in [0.1, 0.15) is 31.3 Å². The molecule has 0 saturated heterocycles. The largest absolute Gasteiger partial charge is 0.490 e. The summed E-state index contributed by atoms with van der Waals surface area (Å²) in [4.78, 5) is 11.2. The lowest BCUT2D eigenvalue weighted by Crippen LogP contribution is -2.31. The monoisotopic (exact) mass is 307 g/mol. The molecule has 5 heteroatoms. The van der Waals surface area contributed by atoms with Gasteiger partial charge in [0.2, 0.25) is 0 Å². The van der Waals surface area contributed by atoms with E-state index in [4.69, 9.17) is 14.2 Å². The Hall–Kier alpha value is -2.17. The minimum absolute atomic E-state index is 0.0623. The number of benzene rings is 1. The van der Waals surface area contributed by atoms with Gasteiger partial charge >= 0.3 is 6.09 Å². The first kappa shape index (κ1) is 17.9. The summed E-state index contributed by atoms with van der Waals surface area (Å²) >= 11 is 0. The average Bonchev–Trinajstić information content (AvgIpc) is 2.44. The fourth-order valence-corrected chi connectivity index (χ4v) is 1.51. The van der Waals surface area contributed by atoms with E-state index in [1.54, 1.807) is 0 Å². The molecule has 1 aromatic rings. The lowest BCUT2D eigenvalue weighted by Gasteiger charge is -2.10. The number of carbonyl (C=O) groups is 1. The number of ether oxygens (including phenoxy) is 3. The lowest BCUT2D eigenvalue weighted by atomic mass is 10.3. The van der Waals surface area contributed by atoms with Gasteiger partial charge in [0, 0.05) is 6.04 Å². The van der Waals surface area contributed by atoms with Crippen molar-refractivity contribution in [1.82, 2.24) is 5.32 Å². The molecule has 0 radical (unpaired) electrons. The first-order chi connectivity index (χ1) is 10.5. The van der Waals surface area contributed by atoms with Gasteiger partial charge in [0.15, 0.2) is 0 Å². The molecule has 122 valence electrons. The zero-order valence-corrected chi connectivity index (χ0v) is 13.7. The molecule has 0 saturated carbocycles. The Bertz CT molecular complexity index is 476. The van der Waals surface area contributed by atoms with E-state index >= 15 is 0 Å². The van der Waals surface area contributed by atoms with Crippen LogP contribution in [0, 0.1) is 0 Å². The maximum Gasteiger partial charge on any atom is 0.407 e. The topological polar surface area (TPSA) is 56.8 Å². The smallest absolute Gasteiger partial charge is 0.407 e. The molecule has 1 rings (SSSR count). The molecular weight excluding hydrogens is 282 g/mol. The van der Waals surface area contributed by atoms with E-state index < -0.39 is 6.09 Å². The van der Waals surface area contributed by atoms with Crippen LogP contribution in [-0.4, -0.2) is 32.0 Å². The van der Waals surface area contributed by atoms with Gasteiger partial charge in [0.05, 0.1) is 0 Å². The van der Waals surface area contributed by atoms with E-state index in [0.717, 1.165) is 5.75 Å². The summed E-state index contributed by atoms with van der Waals surface area (Å²) in [7, 11) is 0. The molecular formula is C17H25NO4. The van der Waals surface area contributed by atoms with Crippen molar-refractivity contribution in [1.29, 1.82) is 0 Å². The molecule has 0 bridgehead atoms. The summed E-state index contributed by atoms with van der Waals surface area (Å²) in [6.07, 6.45) is 1.59. The Morgan fingerprint density at radius 1 is 1.09 bits per heavy atom. The van der Waals surface area contributed by atoms with Gasteiger partial charge in [-0.2, -0.15) is 0 Å². The van der Waals surface area contributed by atoms with Crippen LogP contribution in [-0.2, 0) is 4.74 Å². The second kappa shape index (κ2) is 9.71. The number of amides is 1. The first-order valence-corrected chi connectivity index (χ1v) is 7.39. The quantitative estimate of drug-likeness (QED) is 0.589. The van der Waals surface area contributed by atoms with Gasteiger partial charge in [-0.05, 0) is 58.0 Å². The number of rotatable bonds is 8. The average molecular weight is 307 g/mol. The Balaban J connectivity index is 2.24. The van der Waals surface area contributed by atoms with Crippen molar-refractivity contribution in [2.45, 2.75) is 33.7 Å². The summed E-state index contributed by atoms with van der Waals surface area (Å²) in [5.41, 5.74) is 1.22. The van der Waals surface area contributed by atoms with Gasteiger partial charge < -0.3 is 19.5 Å². The van der Waals surface area contributed by atoms with Gasteiger partial charge in [-0.1, -0.05) is 5.57 Å². The van der Waals surface area contributed by atoms with E-state index in [1.807, 2.05) is 58.0 Å². The van der Waals surface area contributed by atoms with Crippen LogP contribution in [0.3, 0.4) is 0 Å². The molecule has 1 aromatic carbocycles. The predicted octanol–water partition coefficient (Wildman–Crippen LogP) is 3.55. The highest BCUT2D eigenvalue weighted by Crippen LogP contribution is 2.17. The number of carbonyl (C=O) groups excluding carboxylic acids is 1. The van der Waals surface area contributed by atoms with E-state index in [9.17, 15) is 4.79 Å². The highest BCUT2D eigenvalue weighted by molar-refractivity contribution is 5.67. The Morgan fingerprint density at radius 2 is 1.68 bits per heavy atom. The lowest BCUT2D eigenvalue weighted by molar-refractivity contribution is 0.123. The summed E-state index contributed by atoms with van der Waals surface area (Å²) in [5.74, 6) is 1.50. The van der Waals surface area contributed by atoms with Crippen molar-refractivity contribution in [3.8, 4) is 11.5 Å². The van der Waals surface area contributed by atoms with Gasteiger partial charge in [-0.25, -0.2) is 4.79 Å². The second-order valence-electron chi connectivity index (χ2n) is 5.35. The Labute approximate surface area is 132 Å². The molecule has 0 fully saturated rings. The Morgan fingerprint density at radius 3 is 2.23 bits per heavy atom. The molecule has 0 aliphatic rings. The molecule has 1 N–H and O–H groups in total. The predicted molar refractivity (Wildman–Crippen MR) is 86.5 cm³/mol. The third-order valence-corrected chi connectivity index (χ3v) is 2.56. The minimum Gasteiger partial charge on any atom is -0.490 e. The third-order valence-electron chi connectivity index (χ3n) is 2.56. The molecule has 1 amide bonds. The van der Waals surface area contributed by atoms with E-state index in [1.165, 1.54) is 5.57 Å². The number of alkyl carbamates (subject to hydrolysis) is 1. The molecule has 0 spiro atoms. The van der Waals surface area contributed by atoms with Crippen molar-refractivity contribution in [3.63, 3.8) is 0 Å². The highest BCUT2D eigenvalue weighted by atomic mass is 16.6. The standard InChI is InChI=1S/C17H25NO4/c1-13(2)9-10-20-15-5-7-16(8-6-15)21-11-12-22-17(19)18-14(3)4/h5-9,14H,10-12H2,1-4H3,(H,18,19). The van der Waals surface area contributed by atoms with Gasteiger partial charge in [-0.3, -0.25) is 0 Å². The SMILES string of the molecule is CC(C)=CCOc1ccc(OCCOC(=O)NC(C)C)cc1. The number of nitrogens with one attached hydrogen (secondary N) is 1. The normalized spacial score (nSPS) is 10.0. The minimum atomic E-state index is -0.429. The molecule has 0 unspecified atom stereocenters. The molecule has 0 atom stereocenters. The molecule has 5 nitrogen and oxygen atoms in total. The van der Waals surface area contributed by atoms with Crippen LogP contribution >= 0.6 is 0 Å². The van der Waals surface area contributed by atoms with Crippen LogP contribution in [0.25, 0.3) is 0 Å². The van der Waals surface area contributed by atoms with Crippen LogP contribution in [0.2, 0.25) is 0 Å². The van der Waals surface area contributed by atoms with Crippen molar-refractivity contribution >= 4 is 6.09 Å². The van der Waals surface area contributed by atoms with Crippen LogP contribution in [0.4, 0.5) is 4.79 Å². The summed E-state index contributed by atoms with van der Waals surface area (Å²) < 4.78 is 16.0. The first-order valence-electron chi connectivity index (χ1n) is 7.39. The third kappa shape index (κ3) is 8.19. The van der Waals surface area contributed by atoms with Crippen LogP contribution in [0.1, 0.15) is 27.7 Å². The van der Waals surface area contributed by atoms with Crippen molar-refractivity contribution < 1.29 is 19.0 Å². The molecule has 0 heterocycles. The van der Waals surface area contributed by atoms with Crippen LogP contribution in [0.15, 0.2) is 35.9 Å². The summed E-state index contributed by atoms with van der Waals surface area (Å²) in [6.45, 7) is 8.88. The molecule has 0 aliphatic heterocycles. The van der Waals surface area contributed by atoms with Gasteiger partial charge in [-0.15, -0.1) is 0 Å².